The molecule has 1 saturated carbocycles. The van der Waals surface area contributed by atoms with E-state index in [1.807, 2.05) is 13.8 Å². The number of nitrogens with zero attached hydrogens (tertiary/aromatic N) is 1. The molecule has 2 aliphatic rings. The van der Waals surface area contributed by atoms with Gasteiger partial charge in [0.25, 0.3) is 21.9 Å². The third-order valence-electron chi connectivity index (χ3n) is 6.51. The van der Waals surface area contributed by atoms with Crippen LogP contribution in [0.2, 0.25) is 0 Å². The number of carboxylic acids is 1. The molecule has 0 spiro atoms. The lowest BCUT2D eigenvalue weighted by molar-refractivity contribution is -0.134. The van der Waals surface area contributed by atoms with Gasteiger partial charge in [0.05, 0.1) is 11.4 Å². The van der Waals surface area contributed by atoms with E-state index in [0.29, 0.717) is 37.4 Å². The predicted molar refractivity (Wildman–Crippen MR) is 142 cm³/mol. The van der Waals surface area contributed by atoms with E-state index in [4.69, 9.17) is 9.90 Å². The Bertz CT molecular complexity index is 1150. The zero-order valence-corrected chi connectivity index (χ0v) is 23.2. The van der Waals surface area contributed by atoms with Crippen LogP contribution in [0, 0.1) is 5.92 Å². The van der Waals surface area contributed by atoms with Gasteiger partial charge in [-0.3, -0.25) is 14.5 Å². The Labute approximate surface area is 224 Å². The first kappa shape index (κ1) is 30.8. The molecule has 1 aliphatic carbocycles. The second kappa shape index (κ2) is 13.9. The van der Waals surface area contributed by atoms with Gasteiger partial charge < -0.3 is 15.7 Å². The first-order chi connectivity index (χ1) is 17.8. The molecular weight excluding hydrogens is 512 g/mol. The van der Waals surface area contributed by atoms with Gasteiger partial charge in [-0.25, -0.2) is 22.7 Å². The number of amides is 5. The Balaban J connectivity index is 0.00000118. The zero-order chi connectivity index (χ0) is 28.5. The number of hydrogen-bond acceptors (Lipinski definition) is 6. The van der Waals surface area contributed by atoms with E-state index in [1.54, 1.807) is 12.1 Å². The zero-order valence-electron chi connectivity index (χ0n) is 22.4. The minimum Gasteiger partial charge on any atom is -0.481 e. The van der Waals surface area contributed by atoms with Gasteiger partial charge in [0.2, 0.25) is 0 Å². The average molecular weight is 551 g/mol. The second-order valence-corrected chi connectivity index (χ2v) is 11.4. The molecule has 1 heterocycles. The highest BCUT2D eigenvalue weighted by Gasteiger charge is 2.31. The lowest BCUT2D eigenvalue weighted by atomic mass is 9.87. The fourth-order valence-corrected chi connectivity index (χ4v) is 5.33. The molecule has 0 aromatic heterocycles. The summed E-state index contributed by atoms with van der Waals surface area (Å²) < 4.78 is 27.2. The first-order valence-electron chi connectivity index (χ1n) is 12.7. The molecule has 0 bridgehead atoms. The van der Waals surface area contributed by atoms with Crippen LogP contribution in [-0.4, -0.2) is 61.5 Å². The van der Waals surface area contributed by atoms with E-state index in [2.05, 4.69) is 22.3 Å². The smallest absolute Gasteiger partial charge is 0.328 e. The van der Waals surface area contributed by atoms with Gasteiger partial charge in [-0.2, -0.15) is 0 Å². The van der Waals surface area contributed by atoms with Gasteiger partial charge in [-0.1, -0.05) is 26.0 Å². The van der Waals surface area contributed by atoms with Gasteiger partial charge in [0, 0.05) is 25.1 Å². The maximum absolute atomic E-state index is 12.5. The Kier molecular flexibility index (Phi) is 11.3. The van der Waals surface area contributed by atoms with Crippen LogP contribution < -0.4 is 15.4 Å². The summed E-state index contributed by atoms with van der Waals surface area (Å²) in [7, 11) is -3.98. The van der Waals surface area contributed by atoms with Crippen LogP contribution in [0.3, 0.4) is 0 Å². The third-order valence-corrected chi connectivity index (χ3v) is 7.86. The molecule has 210 valence electrons. The minimum atomic E-state index is -3.98. The lowest BCUT2D eigenvalue weighted by Crippen LogP contribution is -2.45. The number of imide groups is 1. The molecule has 38 heavy (non-hydrogen) atoms. The molecule has 5 amide bonds. The second-order valence-electron chi connectivity index (χ2n) is 9.68. The number of carboxylic acid groups (broad SMARTS) is 1. The van der Waals surface area contributed by atoms with Crippen LogP contribution in [0.5, 0.6) is 0 Å². The van der Waals surface area contributed by atoms with Crippen LogP contribution in [0.25, 0.3) is 0 Å². The number of urea groups is 2. The highest BCUT2D eigenvalue weighted by Crippen LogP contribution is 2.23. The van der Waals surface area contributed by atoms with Crippen molar-refractivity contribution in [1.82, 2.24) is 20.3 Å². The van der Waals surface area contributed by atoms with Crippen LogP contribution in [0.15, 0.2) is 40.3 Å². The molecule has 1 fully saturated rings. The van der Waals surface area contributed by atoms with Crippen molar-refractivity contribution in [3.05, 3.63) is 41.0 Å². The summed E-state index contributed by atoms with van der Waals surface area (Å²) in [5.41, 5.74) is 2.41. The number of nitrogens with one attached hydrogen (secondary N) is 3. The van der Waals surface area contributed by atoms with E-state index in [1.165, 1.54) is 17.0 Å². The molecule has 0 unspecified atom stereocenters. The van der Waals surface area contributed by atoms with Crippen LogP contribution in [0.4, 0.5) is 9.59 Å². The fourth-order valence-electron chi connectivity index (χ4n) is 4.41. The summed E-state index contributed by atoms with van der Waals surface area (Å²) >= 11 is 0. The number of sulfonamides is 1. The first-order valence-corrected chi connectivity index (χ1v) is 14.2. The summed E-state index contributed by atoms with van der Waals surface area (Å²) in [5, 5.41) is 12.9. The van der Waals surface area contributed by atoms with Gasteiger partial charge in [-0.15, -0.1) is 0 Å². The number of hydrogen-bond donors (Lipinski definition) is 4. The molecule has 11 nitrogen and oxygen atoms in total. The molecule has 0 atom stereocenters. The molecular formula is C26H38N4O7S. The SMILES string of the molecule is CC(=O)O.CCC1=C(C)CN(C(=O)NCCc2ccc(S(=O)(=O)NC(=O)NC3CCC(C)CC3)cc2)C1=O. The summed E-state index contributed by atoms with van der Waals surface area (Å²) in [6.45, 7) is 7.61. The van der Waals surface area contributed by atoms with Crippen molar-refractivity contribution in [2.45, 2.75) is 77.2 Å². The topological polar surface area (TPSA) is 162 Å². The number of carbonyl (C=O) groups is 4. The Hall–Kier alpha value is -3.41. The van der Waals surface area contributed by atoms with Crippen LogP contribution in [0.1, 0.15) is 65.4 Å². The third kappa shape index (κ3) is 9.16. The van der Waals surface area contributed by atoms with Gasteiger partial charge >= 0.3 is 12.1 Å². The highest BCUT2D eigenvalue weighted by molar-refractivity contribution is 7.90. The maximum atomic E-state index is 12.5. The van der Waals surface area contributed by atoms with Gasteiger partial charge in [-0.05, 0) is 74.6 Å². The number of aliphatic carboxylic acids is 1. The van der Waals surface area contributed by atoms with E-state index < -0.39 is 28.1 Å². The summed E-state index contributed by atoms with van der Waals surface area (Å²) in [6.07, 6.45) is 4.80. The van der Waals surface area contributed by atoms with Crippen molar-refractivity contribution >= 4 is 34.0 Å². The molecule has 1 aromatic carbocycles. The van der Waals surface area contributed by atoms with E-state index in [0.717, 1.165) is 43.7 Å². The molecule has 0 radical (unpaired) electrons. The summed E-state index contributed by atoms with van der Waals surface area (Å²) in [6, 6.07) is 4.99. The largest absolute Gasteiger partial charge is 0.481 e. The maximum Gasteiger partial charge on any atom is 0.328 e. The molecule has 1 aromatic rings. The Morgan fingerprint density at radius 1 is 1.08 bits per heavy atom. The van der Waals surface area contributed by atoms with Gasteiger partial charge in [0.15, 0.2) is 0 Å². The van der Waals surface area contributed by atoms with Crippen molar-refractivity contribution in [3.8, 4) is 0 Å². The highest BCUT2D eigenvalue weighted by atomic mass is 32.2. The number of carbonyl (C=O) groups excluding carboxylic acids is 3. The number of rotatable bonds is 7. The van der Waals surface area contributed by atoms with Crippen molar-refractivity contribution in [2.24, 2.45) is 5.92 Å². The molecule has 3 rings (SSSR count). The monoisotopic (exact) mass is 550 g/mol. The van der Waals surface area contributed by atoms with E-state index in [9.17, 15) is 22.8 Å². The van der Waals surface area contributed by atoms with Crippen LogP contribution in [-0.2, 0) is 26.0 Å². The van der Waals surface area contributed by atoms with Crippen molar-refractivity contribution in [2.75, 3.05) is 13.1 Å². The quantitative estimate of drug-likeness (QED) is 0.405. The predicted octanol–water partition coefficient (Wildman–Crippen LogP) is 3.16. The van der Waals surface area contributed by atoms with Crippen molar-refractivity contribution in [1.29, 1.82) is 0 Å². The summed E-state index contributed by atoms with van der Waals surface area (Å²) in [5.74, 6) is -0.448. The summed E-state index contributed by atoms with van der Waals surface area (Å²) in [4.78, 5) is 47.0. The fraction of sp³-hybridized carbons (Fsp3) is 0.538. The van der Waals surface area contributed by atoms with E-state index in [-0.39, 0.29) is 16.8 Å². The molecule has 0 saturated heterocycles. The van der Waals surface area contributed by atoms with E-state index >= 15 is 0 Å². The Morgan fingerprint density at radius 3 is 2.18 bits per heavy atom. The standard InChI is InChI=1S/C24H34N4O5S.C2H4O2/c1-4-21-17(3)15-28(22(21)29)24(31)25-14-13-18-7-11-20(12-8-18)34(32,33)27-23(30)26-19-9-5-16(2)6-10-19;1-2(3)4/h7-8,11-12,16,19H,4-6,9-10,13-15H2,1-3H3,(H,25,31)(H2,26,27,30);1H3,(H,3,4). The Morgan fingerprint density at radius 2 is 1.66 bits per heavy atom. The minimum absolute atomic E-state index is 0.00639. The molecule has 4 N–H and O–H groups in total. The average Bonchev–Trinajstić information content (AvgIpc) is 3.13. The number of benzene rings is 1. The molecule has 12 heteroatoms. The lowest BCUT2D eigenvalue weighted by Gasteiger charge is -2.26. The van der Waals surface area contributed by atoms with Crippen molar-refractivity contribution < 1.29 is 32.7 Å². The van der Waals surface area contributed by atoms with Crippen molar-refractivity contribution in [3.63, 3.8) is 0 Å². The van der Waals surface area contributed by atoms with Crippen LogP contribution >= 0.6 is 0 Å². The normalized spacial score (nSPS) is 19.4. The molecule has 1 aliphatic heterocycles. The van der Waals surface area contributed by atoms with Gasteiger partial charge in [0.1, 0.15) is 0 Å².